The Balaban J connectivity index is 2.23. The van der Waals surface area contributed by atoms with Gasteiger partial charge in [-0.2, -0.15) is 0 Å². The summed E-state index contributed by atoms with van der Waals surface area (Å²) in [6, 6.07) is 3.47. The third kappa shape index (κ3) is 1.29. The van der Waals surface area contributed by atoms with Gasteiger partial charge in [0.1, 0.15) is 17.1 Å². The molecule has 0 bridgehead atoms. The zero-order valence-corrected chi connectivity index (χ0v) is 10.1. The maximum Gasteiger partial charge on any atom is 0.526 e. The fraction of sp³-hybridized carbons (Fsp3) is 0.417. The van der Waals surface area contributed by atoms with E-state index in [2.05, 4.69) is 0 Å². The van der Waals surface area contributed by atoms with Crippen LogP contribution in [-0.4, -0.2) is 30.3 Å². The summed E-state index contributed by atoms with van der Waals surface area (Å²) in [5, 5.41) is 19.1. The first-order valence-corrected chi connectivity index (χ1v) is 5.78. The Bertz CT molecular complexity index is 544. The van der Waals surface area contributed by atoms with Gasteiger partial charge >= 0.3 is 13.1 Å². The van der Waals surface area contributed by atoms with Gasteiger partial charge in [0.25, 0.3) is 0 Å². The van der Waals surface area contributed by atoms with Crippen LogP contribution in [0.25, 0.3) is 0 Å². The normalized spacial score (nSPS) is 27.9. The van der Waals surface area contributed by atoms with Crippen molar-refractivity contribution < 1.29 is 24.3 Å². The number of benzene rings is 1. The van der Waals surface area contributed by atoms with Crippen molar-refractivity contribution in [3.8, 4) is 11.5 Å². The number of carbonyl (C=O) groups is 1. The van der Waals surface area contributed by atoms with Crippen LogP contribution in [0, 0.1) is 0 Å². The lowest BCUT2D eigenvalue weighted by Gasteiger charge is -2.26. The molecule has 18 heavy (non-hydrogen) atoms. The van der Waals surface area contributed by atoms with Crippen molar-refractivity contribution in [2.75, 3.05) is 7.11 Å². The highest BCUT2D eigenvalue weighted by atomic mass is 16.5. The second kappa shape index (κ2) is 3.41. The maximum absolute atomic E-state index is 11.3. The smallest absolute Gasteiger partial charge is 0.526 e. The van der Waals surface area contributed by atoms with Crippen LogP contribution in [0.5, 0.6) is 11.5 Å². The Morgan fingerprint density at radius 1 is 1.61 bits per heavy atom. The molecule has 1 fully saturated rings. The molecule has 0 saturated heterocycles. The van der Waals surface area contributed by atoms with Crippen molar-refractivity contribution in [3.05, 3.63) is 23.3 Å². The second-order valence-corrected chi connectivity index (χ2v) is 5.06. The van der Waals surface area contributed by atoms with Crippen LogP contribution in [0.15, 0.2) is 12.1 Å². The molecule has 5 nitrogen and oxygen atoms in total. The molecule has 1 aliphatic carbocycles. The lowest BCUT2D eigenvalue weighted by molar-refractivity contribution is 0.0690. The summed E-state index contributed by atoms with van der Waals surface area (Å²) in [4.78, 5) is 11.3. The van der Waals surface area contributed by atoms with Gasteiger partial charge in [-0.25, -0.2) is 4.79 Å². The van der Waals surface area contributed by atoms with Gasteiger partial charge in [0, 0.05) is 5.82 Å². The topological polar surface area (TPSA) is 76.0 Å². The Hall–Kier alpha value is -1.69. The van der Waals surface area contributed by atoms with Crippen LogP contribution in [0.4, 0.5) is 0 Å². The highest BCUT2D eigenvalue weighted by Gasteiger charge is 2.63. The standard InChI is InChI=1S/C12H13BO5/c1-12-5-8(12)13(16)18-10-6(12)3-4-7(17-2)9(10)11(14)15/h3-4,8,16H,5H2,1-2H3,(H,14,15). The Morgan fingerprint density at radius 3 is 2.94 bits per heavy atom. The molecule has 0 aromatic heterocycles. The Morgan fingerprint density at radius 2 is 2.33 bits per heavy atom. The molecule has 2 unspecified atom stereocenters. The average molecular weight is 248 g/mol. The minimum absolute atomic E-state index is 0.0133. The average Bonchev–Trinajstić information content (AvgIpc) is 3.02. The minimum atomic E-state index is -1.11. The summed E-state index contributed by atoms with van der Waals surface area (Å²) in [5.74, 6) is -0.569. The van der Waals surface area contributed by atoms with E-state index in [-0.39, 0.29) is 28.3 Å². The number of hydrogen-bond acceptors (Lipinski definition) is 4. The number of ether oxygens (including phenoxy) is 1. The van der Waals surface area contributed by atoms with Crippen molar-refractivity contribution >= 4 is 13.1 Å². The van der Waals surface area contributed by atoms with Gasteiger partial charge in [0.05, 0.1) is 7.11 Å². The number of fused-ring (bicyclic) bond motifs is 3. The maximum atomic E-state index is 11.3. The molecule has 3 rings (SSSR count). The molecule has 0 spiro atoms. The molecular weight excluding hydrogens is 235 g/mol. The van der Waals surface area contributed by atoms with Gasteiger partial charge in [-0.05, 0) is 23.5 Å². The van der Waals surface area contributed by atoms with E-state index in [1.54, 1.807) is 6.07 Å². The zero-order valence-electron chi connectivity index (χ0n) is 10.1. The van der Waals surface area contributed by atoms with Crippen LogP contribution in [-0.2, 0) is 5.41 Å². The van der Waals surface area contributed by atoms with Gasteiger partial charge in [-0.15, -0.1) is 0 Å². The predicted octanol–water partition coefficient (Wildman–Crippen LogP) is 1.30. The second-order valence-electron chi connectivity index (χ2n) is 5.06. The Kier molecular flexibility index (Phi) is 2.16. The van der Waals surface area contributed by atoms with Gasteiger partial charge in [0.2, 0.25) is 0 Å². The van der Waals surface area contributed by atoms with Gasteiger partial charge in [0.15, 0.2) is 0 Å². The van der Waals surface area contributed by atoms with E-state index in [1.165, 1.54) is 7.11 Å². The number of hydrogen-bond donors (Lipinski definition) is 2. The minimum Gasteiger partial charge on any atom is -0.535 e. The van der Waals surface area contributed by atoms with Gasteiger partial charge < -0.3 is 19.5 Å². The molecule has 0 amide bonds. The molecule has 1 aromatic carbocycles. The van der Waals surface area contributed by atoms with Crippen LogP contribution >= 0.6 is 0 Å². The van der Waals surface area contributed by atoms with Crippen molar-refractivity contribution in [2.45, 2.75) is 24.6 Å². The van der Waals surface area contributed by atoms with Crippen molar-refractivity contribution in [1.29, 1.82) is 0 Å². The van der Waals surface area contributed by atoms with Crippen molar-refractivity contribution in [3.63, 3.8) is 0 Å². The quantitative estimate of drug-likeness (QED) is 0.771. The van der Waals surface area contributed by atoms with E-state index < -0.39 is 13.1 Å². The number of rotatable bonds is 2. The van der Waals surface area contributed by atoms with E-state index in [1.807, 2.05) is 13.0 Å². The summed E-state index contributed by atoms with van der Waals surface area (Å²) in [5.41, 5.74) is 0.653. The molecule has 6 heteroatoms. The highest BCUT2D eigenvalue weighted by Crippen LogP contribution is 2.65. The van der Waals surface area contributed by atoms with Gasteiger partial charge in [-0.1, -0.05) is 13.0 Å². The van der Waals surface area contributed by atoms with Crippen molar-refractivity contribution in [2.24, 2.45) is 0 Å². The van der Waals surface area contributed by atoms with Crippen LogP contribution < -0.4 is 9.39 Å². The summed E-state index contributed by atoms with van der Waals surface area (Å²) >= 11 is 0. The largest absolute Gasteiger partial charge is 0.535 e. The molecule has 1 aliphatic heterocycles. The fourth-order valence-electron chi connectivity index (χ4n) is 2.84. The molecule has 1 heterocycles. The van der Waals surface area contributed by atoms with Crippen LogP contribution in [0.3, 0.4) is 0 Å². The monoisotopic (exact) mass is 248 g/mol. The predicted molar refractivity (Wildman–Crippen MR) is 64.3 cm³/mol. The third-order valence-corrected chi connectivity index (χ3v) is 4.05. The number of carboxylic acid groups (broad SMARTS) is 1. The summed E-state index contributed by atoms with van der Waals surface area (Å²) < 4.78 is 10.4. The molecule has 2 aliphatic rings. The molecule has 1 saturated carbocycles. The van der Waals surface area contributed by atoms with Crippen LogP contribution in [0.2, 0.25) is 5.82 Å². The lowest BCUT2D eigenvalue weighted by atomic mass is 9.72. The van der Waals surface area contributed by atoms with Crippen LogP contribution in [0.1, 0.15) is 29.3 Å². The molecule has 0 radical (unpaired) electrons. The Labute approximate surface area is 104 Å². The van der Waals surface area contributed by atoms with E-state index in [0.29, 0.717) is 0 Å². The first kappa shape index (κ1) is 11.4. The van der Waals surface area contributed by atoms with E-state index >= 15 is 0 Å². The molecule has 2 atom stereocenters. The van der Waals surface area contributed by atoms with E-state index in [4.69, 9.17) is 9.39 Å². The number of aromatic carboxylic acids is 1. The van der Waals surface area contributed by atoms with Crippen molar-refractivity contribution in [1.82, 2.24) is 0 Å². The fourth-order valence-corrected chi connectivity index (χ4v) is 2.84. The molecule has 2 N–H and O–H groups in total. The first-order valence-electron chi connectivity index (χ1n) is 5.78. The zero-order chi connectivity index (χ0) is 13.1. The SMILES string of the molecule is COc1ccc2c(c1C(=O)O)OB(O)C1CC21C. The van der Waals surface area contributed by atoms with E-state index in [9.17, 15) is 14.9 Å². The lowest BCUT2D eigenvalue weighted by Crippen LogP contribution is -2.31. The molecular formula is C12H13BO5. The summed E-state index contributed by atoms with van der Waals surface area (Å²) in [7, 11) is 0.474. The van der Waals surface area contributed by atoms with Gasteiger partial charge in [-0.3, -0.25) is 0 Å². The molecule has 94 valence electrons. The number of carboxylic acids is 1. The third-order valence-electron chi connectivity index (χ3n) is 4.05. The summed E-state index contributed by atoms with van der Waals surface area (Å²) in [6.45, 7) is 2.01. The molecule has 1 aromatic rings. The number of methoxy groups -OCH3 is 1. The summed E-state index contributed by atoms with van der Waals surface area (Å²) in [6.07, 6.45) is 0.812. The highest BCUT2D eigenvalue weighted by molar-refractivity contribution is 6.48. The first-order chi connectivity index (χ1) is 8.49. The van der Waals surface area contributed by atoms with E-state index in [0.717, 1.165) is 12.0 Å².